The van der Waals surface area contributed by atoms with Crippen LogP contribution in [0.4, 0.5) is 0 Å². The number of rotatable bonds is 18. The van der Waals surface area contributed by atoms with Gasteiger partial charge in [0, 0.05) is 19.2 Å². The molecule has 0 amide bonds. The summed E-state index contributed by atoms with van der Waals surface area (Å²) in [6.07, 6.45) is 19.9. The molecule has 0 rings (SSSR count). The number of carboxylic acid groups (broad SMARTS) is 1. The molecule has 0 N–H and O–H groups in total. The zero-order valence-corrected chi connectivity index (χ0v) is 20.5. The summed E-state index contributed by atoms with van der Waals surface area (Å²) in [5, 5.41) is 10.2. The third-order valence-electron chi connectivity index (χ3n) is 4.39. The summed E-state index contributed by atoms with van der Waals surface area (Å²) in [7, 11) is 0. The fourth-order valence-corrected chi connectivity index (χ4v) is 2.84. The third-order valence-corrected chi connectivity index (χ3v) is 4.39. The van der Waals surface area contributed by atoms with E-state index in [9.17, 15) is 9.90 Å². The van der Waals surface area contributed by atoms with E-state index in [4.69, 9.17) is 4.74 Å². The number of unbranched alkanes of at least 4 members (excludes halogenated alkanes) is 14. The standard InChI is InChI=1S/C18H36O2.C4H10O.Na/c1-2-3-4-5-6-7-8-9-10-11-12-13-14-15-16-17-18(19)20;1-3-5-4-2;/h2-17H2,1H3,(H,19,20);3-4H2,1-2H3;/q;;+1/p-1. The van der Waals surface area contributed by atoms with Crippen molar-refractivity contribution >= 4 is 5.97 Å². The van der Waals surface area contributed by atoms with Crippen LogP contribution in [0.3, 0.4) is 0 Å². The maximum atomic E-state index is 10.2. The van der Waals surface area contributed by atoms with E-state index in [-0.39, 0.29) is 36.0 Å². The van der Waals surface area contributed by atoms with Gasteiger partial charge in [0.2, 0.25) is 0 Å². The minimum Gasteiger partial charge on any atom is -0.550 e. The van der Waals surface area contributed by atoms with Gasteiger partial charge in [0.25, 0.3) is 0 Å². The molecule has 0 aromatic carbocycles. The van der Waals surface area contributed by atoms with Gasteiger partial charge in [-0.25, -0.2) is 0 Å². The van der Waals surface area contributed by atoms with Crippen molar-refractivity contribution in [1.82, 2.24) is 0 Å². The van der Waals surface area contributed by atoms with Crippen LogP contribution in [-0.4, -0.2) is 19.2 Å². The maximum Gasteiger partial charge on any atom is 1.00 e. The van der Waals surface area contributed by atoms with Gasteiger partial charge in [0.1, 0.15) is 0 Å². The first-order chi connectivity index (χ1) is 12.2. The Hall–Kier alpha value is 0.430. The quantitative estimate of drug-likeness (QED) is 0.271. The van der Waals surface area contributed by atoms with Crippen molar-refractivity contribution in [2.24, 2.45) is 0 Å². The molecule has 0 aliphatic carbocycles. The number of hydrogen-bond donors (Lipinski definition) is 0. The molecule has 0 aliphatic rings. The van der Waals surface area contributed by atoms with Crippen LogP contribution in [0.15, 0.2) is 0 Å². The number of carbonyl (C=O) groups is 1. The summed E-state index contributed by atoms with van der Waals surface area (Å²) in [4.78, 5) is 10.2. The van der Waals surface area contributed by atoms with Gasteiger partial charge in [0.15, 0.2) is 0 Å². The molecule has 0 saturated heterocycles. The molecule has 0 spiro atoms. The van der Waals surface area contributed by atoms with Gasteiger partial charge in [-0.3, -0.25) is 0 Å². The molecule has 0 atom stereocenters. The van der Waals surface area contributed by atoms with Gasteiger partial charge in [-0.2, -0.15) is 0 Å². The van der Waals surface area contributed by atoms with E-state index < -0.39 is 5.97 Å². The molecule has 0 heterocycles. The van der Waals surface area contributed by atoms with Crippen molar-refractivity contribution in [3.63, 3.8) is 0 Å². The van der Waals surface area contributed by atoms with Crippen molar-refractivity contribution < 1.29 is 44.2 Å². The van der Waals surface area contributed by atoms with E-state index in [0.29, 0.717) is 0 Å². The van der Waals surface area contributed by atoms with Crippen molar-refractivity contribution in [2.45, 2.75) is 124 Å². The average molecular weight is 381 g/mol. The molecular formula is C22H45NaO3. The number of carboxylic acids is 1. The second-order valence-electron chi connectivity index (χ2n) is 6.85. The van der Waals surface area contributed by atoms with Crippen LogP contribution in [0, 0.1) is 0 Å². The second kappa shape index (κ2) is 30.2. The molecule has 3 nitrogen and oxygen atoms in total. The molecule has 0 saturated carbocycles. The van der Waals surface area contributed by atoms with E-state index >= 15 is 0 Å². The molecule has 0 unspecified atom stereocenters. The van der Waals surface area contributed by atoms with Crippen molar-refractivity contribution in [1.29, 1.82) is 0 Å². The normalized spacial score (nSPS) is 9.96. The fourth-order valence-electron chi connectivity index (χ4n) is 2.84. The summed E-state index contributed by atoms with van der Waals surface area (Å²) in [6, 6.07) is 0. The van der Waals surface area contributed by atoms with Crippen molar-refractivity contribution in [3.05, 3.63) is 0 Å². The Labute approximate surface area is 186 Å². The van der Waals surface area contributed by atoms with Crippen molar-refractivity contribution in [2.75, 3.05) is 13.2 Å². The first-order valence-corrected chi connectivity index (χ1v) is 11.0. The van der Waals surface area contributed by atoms with Crippen LogP contribution in [0.25, 0.3) is 0 Å². The largest absolute Gasteiger partial charge is 1.00 e. The second-order valence-corrected chi connectivity index (χ2v) is 6.85. The molecule has 0 aliphatic heterocycles. The minimum absolute atomic E-state index is 0. The van der Waals surface area contributed by atoms with E-state index in [0.717, 1.165) is 26.1 Å². The van der Waals surface area contributed by atoms with E-state index in [1.807, 2.05) is 13.8 Å². The van der Waals surface area contributed by atoms with Gasteiger partial charge < -0.3 is 14.6 Å². The summed E-state index contributed by atoms with van der Waals surface area (Å²) in [5.74, 6) is -0.903. The molecule has 0 aromatic rings. The minimum atomic E-state index is -0.903. The van der Waals surface area contributed by atoms with Gasteiger partial charge in [0.05, 0.1) is 0 Å². The fraction of sp³-hybridized carbons (Fsp3) is 0.955. The molecular weight excluding hydrogens is 335 g/mol. The Morgan fingerprint density at radius 3 is 1.15 bits per heavy atom. The number of hydrogen-bond acceptors (Lipinski definition) is 3. The zero-order chi connectivity index (χ0) is 19.0. The predicted molar refractivity (Wildman–Crippen MR) is 107 cm³/mol. The molecule has 0 fully saturated rings. The van der Waals surface area contributed by atoms with Crippen LogP contribution in [0.1, 0.15) is 124 Å². The maximum absolute atomic E-state index is 10.2. The average Bonchev–Trinajstić information content (AvgIpc) is 2.59. The van der Waals surface area contributed by atoms with Gasteiger partial charge in [-0.1, -0.05) is 96.8 Å². The summed E-state index contributed by atoms with van der Waals surface area (Å²) >= 11 is 0. The van der Waals surface area contributed by atoms with Crippen LogP contribution in [0.5, 0.6) is 0 Å². The first-order valence-electron chi connectivity index (χ1n) is 11.0. The van der Waals surface area contributed by atoms with E-state index in [1.54, 1.807) is 0 Å². The SMILES string of the molecule is CCCCCCCCCCCCCCCCCC(=O)[O-].CCOCC.[Na+]. The Morgan fingerprint density at radius 1 is 0.615 bits per heavy atom. The van der Waals surface area contributed by atoms with Gasteiger partial charge >= 0.3 is 29.6 Å². The Kier molecular flexibility index (Phi) is 36.1. The Morgan fingerprint density at radius 2 is 0.923 bits per heavy atom. The van der Waals surface area contributed by atoms with E-state index in [2.05, 4.69) is 6.92 Å². The zero-order valence-electron chi connectivity index (χ0n) is 18.5. The molecule has 0 radical (unpaired) electrons. The van der Waals surface area contributed by atoms with Crippen LogP contribution >= 0.6 is 0 Å². The molecule has 152 valence electrons. The van der Waals surface area contributed by atoms with Crippen LogP contribution < -0.4 is 34.7 Å². The smallest absolute Gasteiger partial charge is 0.550 e. The molecule has 0 aromatic heterocycles. The molecule has 26 heavy (non-hydrogen) atoms. The van der Waals surface area contributed by atoms with Crippen LogP contribution in [0.2, 0.25) is 0 Å². The van der Waals surface area contributed by atoms with Crippen molar-refractivity contribution in [3.8, 4) is 0 Å². The topological polar surface area (TPSA) is 49.4 Å². The molecule has 0 bridgehead atoms. The molecule has 4 heteroatoms. The number of aliphatic carboxylic acids is 1. The Bertz CT molecular complexity index is 246. The summed E-state index contributed by atoms with van der Waals surface area (Å²) in [6.45, 7) is 7.93. The first kappa shape index (κ1) is 31.1. The summed E-state index contributed by atoms with van der Waals surface area (Å²) in [5.41, 5.74) is 0. The Balaban J connectivity index is -0.000000772. The van der Waals surface area contributed by atoms with E-state index in [1.165, 1.54) is 83.5 Å². The predicted octanol–water partition coefficient (Wildman–Crippen LogP) is 3.04. The van der Waals surface area contributed by atoms with Gasteiger partial charge in [-0.05, 0) is 26.7 Å². The monoisotopic (exact) mass is 380 g/mol. The van der Waals surface area contributed by atoms with Gasteiger partial charge in [-0.15, -0.1) is 0 Å². The van der Waals surface area contributed by atoms with Crippen LogP contribution in [-0.2, 0) is 9.53 Å². The number of carbonyl (C=O) groups excluding carboxylic acids is 1. The third kappa shape index (κ3) is 35.5. The summed E-state index contributed by atoms with van der Waals surface area (Å²) < 4.78 is 4.83. The number of ether oxygens (including phenoxy) is 1.